The van der Waals surface area contributed by atoms with Crippen LogP contribution in [0.3, 0.4) is 0 Å². The van der Waals surface area contributed by atoms with E-state index in [1.165, 1.54) is 0 Å². The number of aromatic nitrogens is 5. The van der Waals surface area contributed by atoms with E-state index in [1.807, 2.05) is 35.1 Å². The number of para-hydroxylation sites is 1. The largest absolute Gasteiger partial charge is 0.381 e. The molecule has 0 radical (unpaired) electrons. The lowest BCUT2D eigenvalue weighted by atomic mass is 10.1. The van der Waals surface area contributed by atoms with Gasteiger partial charge in [0, 0.05) is 29.7 Å². The van der Waals surface area contributed by atoms with Crippen LogP contribution in [0.4, 0.5) is 0 Å². The molecule has 1 aromatic carbocycles. The van der Waals surface area contributed by atoms with Gasteiger partial charge in [-0.2, -0.15) is 0 Å². The number of hydrogen-bond acceptors (Lipinski definition) is 6. The van der Waals surface area contributed by atoms with Crippen LogP contribution in [0.25, 0.3) is 10.9 Å². The monoisotopic (exact) mass is 313 g/mol. The Labute approximate surface area is 131 Å². The number of ether oxygens (including phenoxy) is 1. The third kappa shape index (κ3) is 2.57. The molecule has 0 spiro atoms. The average Bonchev–Trinajstić information content (AvgIpc) is 3.04. The molecule has 4 rings (SSSR count). The Hall–Kier alpha value is -1.99. The normalized spacial score (nSPS) is 16.2. The van der Waals surface area contributed by atoms with Gasteiger partial charge in [-0.25, -0.2) is 4.68 Å². The van der Waals surface area contributed by atoms with Crippen molar-refractivity contribution in [1.29, 1.82) is 0 Å². The first-order chi connectivity index (χ1) is 10.9. The molecule has 0 atom stereocenters. The van der Waals surface area contributed by atoms with E-state index < -0.39 is 0 Å². The lowest BCUT2D eigenvalue weighted by Gasteiger charge is -2.22. The Morgan fingerprint density at radius 2 is 2.00 bits per heavy atom. The van der Waals surface area contributed by atoms with E-state index in [0.717, 1.165) is 47.0 Å². The van der Waals surface area contributed by atoms with Gasteiger partial charge in [-0.1, -0.05) is 18.2 Å². The molecule has 3 heterocycles. The van der Waals surface area contributed by atoms with Crippen molar-refractivity contribution in [1.82, 2.24) is 25.2 Å². The summed E-state index contributed by atoms with van der Waals surface area (Å²) >= 11 is 1.59. The second-order valence-corrected chi connectivity index (χ2v) is 6.19. The van der Waals surface area contributed by atoms with E-state index in [-0.39, 0.29) is 0 Å². The number of benzene rings is 1. The second kappa shape index (κ2) is 6.02. The number of fused-ring (bicyclic) bond motifs is 1. The Balaban J connectivity index is 1.67. The minimum atomic E-state index is 0.319. The van der Waals surface area contributed by atoms with E-state index in [1.54, 1.807) is 11.8 Å². The predicted molar refractivity (Wildman–Crippen MR) is 82.8 cm³/mol. The van der Waals surface area contributed by atoms with Crippen LogP contribution in [0.2, 0.25) is 0 Å². The van der Waals surface area contributed by atoms with Gasteiger partial charge in [-0.15, -0.1) is 5.10 Å². The van der Waals surface area contributed by atoms with Crippen molar-refractivity contribution in [2.45, 2.75) is 28.9 Å². The number of pyridine rings is 1. The molecule has 6 nitrogen and oxygen atoms in total. The number of tetrazole rings is 1. The van der Waals surface area contributed by atoms with Gasteiger partial charge in [-0.05, 0) is 47.2 Å². The van der Waals surface area contributed by atoms with Crippen LogP contribution in [-0.2, 0) is 4.74 Å². The molecule has 0 unspecified atom stereocenters. The summed E-state index contributed by atoms with van der Waals surface area (Å²) in [4.78, 5) is 5.51. The van der Waals surface area contributed by atoms with Gasteiger partial charge >= 0.3 is 0 Å². The molecule has 1 aliphatic heterocycles. The zero-order valence-corrected chi connectivity index (χ0v) is 12.7. The van der Waals surface area contributed by atoms with Crippen LogP contribution in [0.5, 0.6) is 0 Å². The SMILES string of the molecule is c1ccc2c(Sc3nnnn3C3CCOCC3)ccnc2c1. The first-order valence-corrected chi connectivity index (χ1v) is 8.11. The van der Waals surface area contributed by atoms with E-state index >= 15 is 0 Å². The first-order valence-electron chi connectivity index (χ1n) is 7.29. The van der Waals surface area contributed by atoms with Crippen molar-refractivity contribution in [3.8, 4) is 0 Å². The van der Waals surface area contributed by atoms with Crippen LogP contribution in [0.1, 0.15) is 18.9 Å². The van der Waals surface area contributed by atoms with E-state index in [0.29, 0.717) is 6.04 Å². The molecule has 1 saturated heterocycles. The van der Waals surface area contributed by atoms with Crippen molar-refractivity contribution in [2.75, 3.05) is 13.2 Å². The molecular weight excluding hydrogens is 298 g/mol. The van der Waals surface area contributed by atoms with Gasteiger partial charge in [0.1, 0.15) is 0 Å². The highest BCUT2D eigenvalue weighted by Crippen LogP contribution is 2.33. The molecule has 112 valence electrons. The molecular formula is C15H15N5OS. The number of nitrogens with zero attached hydrogens (tertiary/aromatic N) is 5. The van der Waals surface area contributed by atoms with Crippen molar-refractivity contribution >= 4 is 22.7 Å². The van der Waals surface area contributed by atoms with Crippen LogP contribution in [-0.4, -0.2) is 38.4 Å². The van der Waals surface area contributed by atoms with Gasteiger partial charge in [0.2, 0.25) is 5.16 Å². The predicted octanol–water partition coefficient (Wildman–Crippen LogP) is 2.72. The van der Waals surface area contributed by atoms with Crippen LogP contribution < -0.4 is 0 Å². The van der Waals surface area contributed by atoms with Crippen LogP contribution in [0, 0.1) is 0 Å². The minimum absolute atomic E-state index is 0.319. The quantitative estimate of drug-likeness (QED) is 0.741. The Morgan fingerprint density at radius 1 is 1.14 bits per heavy atom. The maximum absolute atomic E-state index is 5.42. The highest BCUT2D eigenvalue weighted by Gasteiger charge is 2.21. The molecule has 0 saturated carbocycles. The van der Waals surface area contributed by atoms with Gasteiger partial charge in [0.25, 0.3) is 0 Å². The standard InChI is InChI=1S/C15H15N5OS/c1-2-4-13-12(3-1)14(5-8-16-13)22-15-17-18-19-20(15)11-6-9-21-10-7-11/h1-5,8,11H,6-7,9-10H2. The molecule has 0 N–H and O–H groups in total. The maximum atomic E-state index is 5.42. The second-order valence-electron chi connectivity index (χ2n) is 5.18. The smallest absolute Gasteiger partial charge is 0.214 e. The summed E-state index contributed by atoms with van der Waals surface area (Å²) in [5.74, 6) is 0. The first kappa shape index (κ1) is 13.7. The molecule has 0 amide bonds. The summed E-state index contributed by atoms with van der Waals surface area (Å²) in [6, 6.07) is 10.4. The fourth-order valence-corrected chi connectivity index (χ4v) is 3.63. The fourth-order valence-electron chi connectivity index (χ4n) is 2.67. The fraction of sp³-hybridized carbons (Fsp3) is 0.333. The summed E-state index contributed by atoms with van der Waals surface area (Å²) in [6.45, 7) is 1.54. The maximum Gasteiger partial charge on any atom is 0.214 e. The summed E-state index contributed by atoms with van der Waals surface area (Å²) < 4.78 is 7.35. The lowest BCUT2D eigenvalue weighted by molar-refractivity contribution is 0.0631. The highest BCUT2D eigenvalue weighted by molar-refractivity contribution is 7.99. The van der Waals surface area contributed by atoms with E-state index in [9.17, 15) is 0 Å². The molecule has 3 aromatic rings. The number of rotatable bonds is 3. The average molecular weight is 313 g/mol. The zero-order chi connectivity index (χ0) is 14.8. The number of hydrogen-bond donors (Lipinski definition) is 0. The minimum Gasteiger partial charge on any atom is -0.381 e. The van der Waals surface area contributed by atoms with E-state index in [2.05, 4.69) is 26.6 Å². The Bertz CT molecular complexity index is 779. The molecule has 1 aliphatic rings. The van der Waals surface area contributed by atoms with Crippen molar-refractivity contribution in [3.63, 3.8) is 0 Å². The van der Waals surface area contributed by atoms with Gasteiger partial charge in [0.15, 0.2) is 0 Å². The molecule has 7 heteroatoms. The third-order valence-electron chi connectivity index (χ3n) is 3.81. The van der Waals surface area contributed by atoms with Crippen LogP contribution in [0.15, 0.2) is 46.6 Å². The Morgan fingerprint density at radius 3 is 2.91 bits per heavy atom. The van der Waals surface area contributed by atoms with Gasteiger partial charge < -0.3 is 4.74 Å². The molecule has 0 aliphatic carbocycles. The van der Waals surface area contributed by atoms with E-state index in [4.69, 9.17) is 4.74 Å². The molecule has 0 bridgehead atoms. The summed E-state index contributed by atoms with van der Waals surface area (Å²) in [5, 5.41) is 14.2. The summed E-state index contributed by atoms with van der Waals surface area (Å²) in [7, 11) is 0. The molecule has 1 fully saturated rings. The zero-order valence-electron chi connectivity index (χ0n) is 11.9. The third-order valence-corrected chi connectivity index (χ3v) is 4.84. The molecule has 22 heavy (non-hydrogen) atoms. The van der Waals surface area contributed by atoms with Crippen LogP contribution >= 0.6 is 11.8 Å². The highest BCUT2D eigenvalue weighted by atomic mass is 32.2. The topological polar surface area (TPSA) is 65.7 Å². The summed E-state index contributed by atoms with van der Waals surface area (Å²) in [5.41, 5.74) is 0.984. The lowest BCUT2D eigenvalue weighted by Crippen LogP contribution is -2.21. The molecule has 2 aromatic heterocycles. The van der Waals surface area contributed by atoms with Crippen molar-refractivity contribution in [2.24, 2.45) is 0 Å². The summed E-state index contributed by atoms with van der Waals surface area (Å²) in [6.07, 6.45) is 3.73. The van der Waals surface area contributed by atoms with Crippen molar-refractivity contribution < 1.29 is 4.74 Å². The van der Waals surface area contributed by atoms with Crippen molar-refractivity contribution in [3.05, 3.63) is 36.5 Å². The van der Waals surface area contributed by atoms with Gasteiger partial charge in [-0.3, -0.25) is 4.98 Å². The van der Waals surface area contributed by atoms with Gasteiger partial charge in [0.05, 0.1) is 11.6 Å². The Kier molecular flexibility index (Phi) is 3.74.